The van der Waals surface area contributed by atoms with Gasteiger partial charge in [0.15, 0.2) is 0 Å². The quantitative estimate of drug-likeness (QED) is 0.146. The van der Waals surface area contributed by atoms with Gasteiger partial charge in [-0.25, -0.2) is 0 Å². The molecule has 250 valence electrons. The van der Waals surface area contributed by atoms with Crippen molar-refractivity contribution in [2.75, 3.05) is 0 Å². The summed E-state index contributed by atoms with van der Waals surface area (Å²) >= 11 is -4.85. The SMILES string of the molecule is CC1=[C]([Hf](=[SiH2])([C]2=C(C)C(c3cccc4ccccc34)=CC2C)([c]2ccccc2)[c]2ccccc2)C(C)C=C1c1cccc2ccccc12.Cl.Cl. The van der Waals surface area contributed by atoms with E-state index in [9.17, 15) is 0 Å². The maximum absolute atomic E-state index is 4.85. The van der Waals surface area contributed by atoms with Crippen molar-refractivity contribution < 1.29 is 17.1 Å². The van der Waals surface area contributed by atoms with Crippen LogP contribution in [-0.4, -0.2) is 6.94 Å². The van der Waals surface area contributed by atoms with E-state index in [1.54, 1.807) is 13.3 Å². The molecular formula is C46H44Cl2HfSi. The second-order valence-corrected chi connectivity index (χ2v) is 44.1. The number of benzene rings is 6. The van der Waals surface area contributed by atoms with E-state index < -0.39 is 17.1 Å². The van der Waals surface area contributed by atoms with Crippen LogP contribution in [0, 0.1) is 11.8 Å². The van der Waals surface area contributed by atoms with E-state index in [0.717, 1.165) is 0 Å². The minimum atomic E-state index is -4.85. The molecule has 2 unspecified atom stereocenters. The zero-order chi connectivity index (χ0) is 33.1. The first kappa shape index (κ1) is 36.3. The molecule has 4 heteroatoms. The Kier molecular flexibility index (Phi) is 10.1. The van der Waals surface area contributed by atoms with Crippen molar-refractivity contribution in [3.8, 4) is 0 Å². The van der Waals surface area contributed by atoms with Gasteiger partial charge in [0.2, 0.25) is 0 Å². The van der Waals surface area contributed by atoms with E-state index in [1.165, 1.54) is 55.0 Å². The Morgan fingerprint density at radius 3 is 1.18 bits per heavy atom. The monoisotopic (exact) mass is 874 g/mol. The van der Waals surface area contributed by atoms with E-state index in [0.29, 0.717) is 11.8 Å². The van der Waals surface area contributed by atoms with Gasteiger partial charge in [-0.3, -0.25) is 0 Å². The zero-order valence-corrected chi connectivity index (χ0v) is 35.8. The second-order valence-electron chi connectivity index (χ2n) is 14.1. The van der Waals surface area contributed by atoms with Gasteiger partial charge in [-0.05, 0) is 0 Å². The first-order valence-electron chi connectivity index (χ1n) is 17.3. The number of fused-ring (bicyclic) bond motifs is 2. The second kappa shape index (κ2) is 13.9. The maximum atomic E-state index is 2.59. The van der Waals surface area contributed by atoms with Crippen LogP contribution in [0.2, 0.25) is 0 Å². The molecule has 6 aromatic rings. The van der Waals surface area contributed by atoms with Crippen LogP contribution >= 0.6 is 24.8 Å². The van der Waals surface area contributed by atoms with Gasteiger partial charge in [-0.1, -0.05) is 0 Å². The molecule has 0 aliphatic heterocycles. The van der Waals surface area contributed by atoms with Crippen LogP contribution in [0.15, 0.2) is 176 Å². The molecule has 6 aromatic carbocycles. The molecule has 50 heavy (non-hydrogen) atoms. The van der Waals surface area contributed by atoms with Crippen LogP contribution < -0.4 is 6.64 Å². The molecule has 2 aliphatic carbocycles. The topological polar surface area (TPSA) is 0 Å². The first-order chi connectivity index (χ1) is 23.3. The fourth-order valence-electron chi connectivity index (χ4n) is 9.77. The van der Waals surface area contributed by atoms with Crippen molar-refractivity contribution in [3.05, 3.63) is 187 Å². The van der Waals surface area contributed by atoms with Crippen molar-refractivity contribution in [2.45, 2.75) is 27.7 Å². The van der Waals surface area contributed by atoms with Gasteiger partial charge in [-0.15, -0.1) is 24.8 Å². The summed E-state index contributed by atoms with van der Waals surface area (Å²) in [6.45, 7) is 12.3. The number of allylic oxidation sites excluding steroid dienone is 8. The third-order valence-electron chi connectivity index (χ3n) is 11.5. The van der Waals surface area contributed by atoms with Crippen LogP contribution in [-0.2, 0) is 17.1 Å². The smallest absolute Gasteiger partial charge is 0.147 e. The Morgan fingerprint density at radius 1 is 0.440 bits per heavy atom. The Labute approximate surface area is 312 Å². The summed E-state index contributed by atoms with van der Waals surface area (Å²) in [5.41, 5.74) is 8.46. The standard InChI is InChI=1S/2C17H15.2C6H5.2ClH.Hf.H2Si/c2*1-12-10-13(2)17(11-12)16-9-5-7-14-6-3-4-8-15(14)16;2*1-2-4-6-5-3-1;;;;/h2*3-9,11-12H,1-2H3;2*1-5H;2*1H;;1H2. The van der Waals surface area contributed by atoms with Gasteiger partial charge in [0.25, 0.3) is 0 Å². The van der Waals surface area contributed by atoms with E-state index in [2.05, 4.69) is 192 Å². The molecule has 0 nitrogen and oxygen atoms in total. The van der Waals surface area contributed by atoms with Crippen LogP contribution in [0.1, 0.15) is 38.8 Å². The van der Waals surface area contributed by atoms with E-state index >= 15 is 0 Å². The summed E-state index contributed by atoms with van der Waals surface area (Å²) in [5.74, 6) is 0.614. The van der Waals surface area contributed by atoms with Crippen LogP contribution in [0.25, 0.3) is 32.7 Å². The van der Waals surface area contributed by atoms with Crippen molar-refractivity contribution in [1.82, 2.24) is 0 Å². The summed E-state index contributed by atoms with van der Waals surface area (Å²) in [4.78, 5) is 0. The summed E-state index contributed by atoms with van der Waals surface area (Å²) in [6.07, 6.45) is 5.19. The molecule has 0 saturated heterocycles. The predicted octanol–water partition coefficient (Wildman–Crippen LogP) is 11.0. The Balaban J connectivity index is 0.00000216. The van der Waals surface area contributed by atoms with Crippen LogP contribution in [0.3, 0.4) is 0 Å². The summed E-state index contributed by atoms with van der Waals surface area (Å²) in [5, 5.41) is 5.26. The number of hydrogen-bond acceptors (Lipinski definition) is 0. The number of hydrogen-bond donors (Lipinski definition) is 0. The molecule has 0 spiro atoms. The van der Waals surface area contributed by atoms with Crippen molar-refractivity contribution in [2.24, 2.45) is 11.8 Å². The van der Waals surface area contributed by atoms with Gasteiger partial charge < -0.3 is 0 Å². The Hall–Kier alpha value is -3.53. The van der Waals surface area contributed by atoms with E-state index in [1.807, 2.05) is 0 Å². The minimum absolute atomic E-state index is 0. The first-order valence-corrected chi connectivity index (χ1v) is 32.8. The molecule has 8 rings (SSSR count). The molecule has 0 radical (unpaired) electrons. The molecule has 0 heterocycles. The third-order valence-corrected chi connectivity index (χ3v) is 50.5. The Bertz CT molecular complexity index is 2270. The fourth-order valence-corrected chi connectivity index (χ4v) is 51.4. The third kappa shape index (κ3) is 5.25. The largest absolute Gasteiger partial charge is 0.147 e. The number of rotatable bonds is 6. The Morgan fingerprint density at radius 2 is 0.780 bits per heavy atom. The van der Waals surface area contributed by atoms with Crippen molar-refractivity contribution >= 4 is 71.1 Å². The fraction of sp³-hybridized carbons (Fsp3) is 0.130. The molecule has 0 amide bonds. The van der Waals surface area contributed by atoms with Gasteiger partial charge in [0.1, 0.15) is 0 Å². The van der Waals surface area contributed by atoms with Crippen LogP contribution in [0.5, 0.6) is 0 Å². The van der Waals surface area contributed by atoms with Gasteiger partial charge in [-0.2, -0.15) is 0 Å². The molecule has 0 aromatic heterocycles. The van der Waals surface area contributed by atoms with Crippen LogP contribution in [0.4, 0.5) is 0 Å². The normalized spacial score (nSPS) is 17.8. The van der Waals surface area contributed by atoms with Gasteiger partial charge in [0.05, 0.1) is 0 Å². The van der Waals surface area contributed by atoms with Crippen molar-refractivity contribution in [1.29, 1.82) is 0 Å². The summed E-state index contributed by atoms with van der Waals surface area (Å²) in [7, 11) is 0. The maximum Gasteiger partial charge on any atom is -0.147 e. The average Bonchev–Trinajstić information content (AvgIpc) is 3.61. The van der Waals surface area contributed by atoms with E-state index in [4.69, 9.17) is 0 Å². The minimum Gasteiger partial charge on any atom is -0.147 e. The molecule has 2 aliphatic rings. The summed E-state index contributed by atoms with van der Waals surface area (Å²) < 4.78 is 6.47. The van der Waals surface area contributed by atoms with Gasteiger partial charge >= 0.3 is 290 Å². The molecule has 0 N–H and O–H groups in total. The average molecular weight is 874 g/mol. The number of halogens is 2. The molecule has 2 atom stereocenters. The van der Waals surface area contributed by atoms with Gasteiger partial charge in [0, 0.05) is 0 Å². The summed E-state index contributed by atoms with van der Waals surface area (Å²) in [6, 6.07) is 54.8. The van der Waals surface area contributed by atoms with E-state index in [-0.39, 0.29) is 24.8 Å². The molecule has 0 fully saturated rings. The molecule has 0 saturated carbocycles. The zero-order valence-electron chi connectivity index (χ0n) is 29.2. The molecule has 0 bridgehead atoms. The predicted molar refractivity (Wildman–Crippen MR) is 223 cm³/mol. The van der Waals surface area contributed by atoms with Crippen molar-refractivity contribution in [3.63, 3.8) is 0 Å². The molecular weight excluding hydrogens is 830 g/mol.